The van der Waals surface area contributed by atoms with E-state index in [2.05, 4.69) is 29.3 Å². The first-order chi connectivity index (χ1) is 11.0. The Hall–Kier alpha value is -1.39. The van der Waals surface area contributed by atoms with Crippen LogP contribution < -0.4 is 5.32 Å². The fourth-order valence-corrected chi connectivity index (χ4v) is 3.55. The van der Waals surface area contributed by atoms with Gasteiger partial charge in [0.05, 0.1) is 0 Å². The maximum Gasteiger partial charge on any atom is 0.224 e. The molecule has 0 saturated carbocycles. The van der Waals surface area contributed by atoms with Crippen molar-refractivity contribution in [1.82, 2.24) is 4.90 Å². The van der Waals surface area contributed by atoms with Crippen LogP contribution in [0, 0.1) is 26.7 Å². The Morgan fingerprint density at radius 2 is 2.00 bits per heavy atom. The number of likely N-dealkylation sites (tertiary alicyclic amines) is 1. The van der Waals surface area contributed by atoms with Gasteiger partial charge in [0, 0.05) is 25.3 Å². The fourth-order valence-electron chi connectivity index (χ4n) is 3.55. The maximum absolute atomic E-state index is 12.2. The van der Waals surface area contributed by atoms with E-state index in [0.29, 0.717) is 12.3 Å². The predicted octanol–water partition coefficient (Wildman–Crippen LogP) is 3.03. The van der Waals surface area contributed by atoms with E-state index in [0.717, 1.165) is 55.7 Å². The van der Waals surface area contributed by atoms with Gasteiger partial charge >= 0.3 is 0 Å². The molecule has 1 aromatic rings. The molecule has 4 nitrogen and oxygen atoms in total. The number of nitrogens with one attached hydrogen (secondary N) is 1. The summed E-state index contributed by atoms with van der Waals surface area (Å²) in [4.78, 5) is 14.6. The minimum Gasteiger partial charge on any atom is -0.396 e. The number of carbonyl (C=O) groups is 1. The Morgan fingerprint density at radius 1 is 1.30 bits per heavy atom. The molecule has 23 heavy (non-hydrogen) atoms. The van der Waals surface area contributed by atoms with E-state index >= 15 is 0 Å². The summed E-state index contributed by atoms with van der Waals surface area (Å²) in [6.07, 6.45) is 3.69. The summed E-state index contributed by atoms with van der Waals surface area (Å²) in [6, 6.07) is 4.21. The van der Waals surface area contributed by atoms with E-state index in [4.69, 9.17) is 0 Å². The highest BCUT2D eigenvalue weighted by atomic mass is 16.3. The molecule has 4 heteroatoms. The lowest BCUT2D eigenvalue weighted by Gasteiger charge is -2.31. The molecule has 2 rings (SSSR count). The van der Waals surface area contributed by atoms with Crippen LogP contribution in [0.5, 0.6) is 0 Å². The summed E-state index contributed by atoms with van der Waals surface area (Å²) in [6.45, 7) is 9.43. The topological polar surface area (TPSA) is 52.6 Å². The number of rotatable bonds is 6. The van der Waals surface area contributed by atoms with Crippen molar-refractivity contribution in [1.29, 1.82) is 0 Å². The minimum absolute atomic E-state index is 0.0933. The SMILES string of the molecule is Cc1cc(C)c(NC(=O)CCCN2CCCC(CO)C2)c(C)c1. The lowest BCUT2D eigenvalue weighted by Crippen LogP contribution is -2.37. The molecule has 2 N–H and O–H groups in total. The van der Waals surface area contributed by atoms with Crippen molar-refractivity contribution in [3.8, 4) is 0 Å². The first-order valence-electron chi connectivity index (χ1n) is 8.70. The molecule has 1 atom stereocenters. The molecule has 1 heterocycles. The predicted molar refractivity (Wildman–Crippen MR) is 94.8 cm³/mol. The van der Waals surface area contributed by atoms with E-state index in [1.54, 1.807) is 0 Å². The molecule has 1 aliphatic heterocycles. The summed E-state index contributed by atoms with van der Waals surface area (Å²) in [5.74, 6) is 0.506. The smallest absolute Gasteiger partial charge is 0.224 e. The second-order valence-electron chi connectivity index (χ2n) is 6.92. The van der Waals surface area contributed by atoms with E-state index < -0.39 is 0 Å². The van der Waals surface area contributed by atoms with E-state index in [-0.39, 0.29) is 12.5 Å². The molecule has 1 amide bonds. The lowest BCUT2D eigenvalue weighted by molar-refractivity contribution is -0.116. The number of piperidine rings is 1. The van der Waals surface area contributed by atoms with Crippen LogP contribution in [0.3, 0.4) is 0 Å². The molecule has 0 bridgehead atoms. The number of nitrogens with zero attached hydrogens (tertiary/aromatic N) is 1. The zero-order valence-electron chi connectivity index (χ0n) is 14.7. The van der Waals surface area contributed by atoms with Crippen LogP contribution in [0.1, 0.15) is 42.4 Å². The number of hydrogen-bond donors (Lipinski definition) is 2. The lowest BCUT2D eigenvalue weighted by atomic mass is 9.99. The van der Waals surface area contributed by atoms with Gasteiger partial charge < -0.3 is 15.3 Å². The molecule has 1 aromatic carbocycles. The van der Waals surface area contributed by atoms with Crippen LogP contribution >= 0.6 is 0 Å². The van der Waals surface area contributed by atoms with Crippen LogP contribution in [0.25, 0.3) is 0 Å². The van der Waals surface area contributed by atoms with Gasteiger partial charge in [-0.25, -0.2) is 0 Å². The average Bonchev–Trinajstić information content (AvgIpc) is 2.51. The summed E-state index contributed by atoms with van der Waals surface area (Å²) in [5, 5.41) is 12.3. The van der Waals surface area contributed by atoms with Gasteiger partial charge in [0.15, 0.2) is 0 Å². The highest BCUT2D eigenvalue weighted by Gasteiger charge is 2.18. The normalized spacial score (nSPS) is 18.9. The number of hydrogen-bond acceptors (Lipinski definition) is 3. The number of benzene rings is 1. The molecule has 1 fully saturated rings. The largest absolute Gasteiger partial charge is 0.396 e. The van der Waals surface area contributed by atoms with Crippen LogP contribution in [-0.4, -0.2) is 42.2 Å². The third-order valence-electron chi connectivity index (χ3n) is 4.68. The quantitative estimate of drug-likeness (QED) is 0.847. The molecule has 1 saturated heterocycles. The first-order valence-corrected chi connectivity index (χ1v) is 8.70. The number of carbonyl (C=O) groups excluding carboxylic acids is 1. The van der Waals surface area contributed by atoms with Crippen LogP contribution in [-0.2, 0) is 4.79 Å². The molecule has 0 aromatic heterocycles. The third kappa shape index (κ3) is 5.33. The summed E-state index contributed by atoms with van der Waals surface area (Å²) < 4.78 is 0. The Bertz CT molecular complexity index is 519. The van der Waals surface area contributed by atoms with Crippen molar-refractivity contribution in [2.24, 2.45) is 5.92 Å². The number of aliphatic hydroxyl groups is 1. The van der Waals surface area contributed by atoms with Crippen molar-refractivity contribution in [2.45, 2.75) is 46.5 Å². The van der Waals surface area contributed by atoms with Gasteiger partial charge in [-0.3, -0.25) is 4.79 Å². The number of aryl methyl sites for hydroxylation is 3. The van der Waals surface area contributed by atoms with E-state index in [1.165, 1.54) is 5.56 Å². The van der Waals surface area contributed by atoms with E-state index in [9.17, 15) is 9.90 Å². The fraction of sp³-hybridized carbons (Fsp3) is 0.632. The van der Waals surface area contributed by atoms with Gasteiger partial charge in [0.25, 0.3) is 0 Å². The highest BCUT2D eigenvalue weighted by Crippen LogP contribution is 2.22. The zero-order chi connectivity index (χ0) is 16.8. The minimum atomic E-state index is 0.0933. The molecule has 0 radical (unpaired) electrons. The standard InChI is InChI=1S/C19H30N2O2/c1-14-10-15(2)19(16(3)11-14)20-18(23)7-5-9-21-8-4-6-17(12-21)13-22/h10-11,17,22H,4-9,12-13H2,1-3H3,(H,20,23). The summed E-state index contributed by atoms with van der Waals surface area (Å²) >= 11 is 0. The van der Waals surface area contributed by atoms with Crippen molar-refractivity contribution in [3.05, 3.63) is 28.8 Å². The Kier molecular flexibility index (Phi) is 6.60. The van der Waals surface area contributed by atoms with Crippen LogP contribution in [0.2, 0.25) is 0 Å². The van der Waals surface area contributed by atoms with Gasteiger partial charge in [-0.2, -0.15) is 0 Å². The molecule has 1 unspecified atom stereocenters. The van der Waals surface area contributed by atoms with Crippen molar-refractivity contribution in [3.63, 3.8) is 0 Å². The number of anilines is 1. The second kappa shape index (κ2) is 8.46. The maximum atomic E-state index is 12.2. The highest BCUT2D eigenvalue weighted by molar-refractivity contribution is 5.92. The Morgan fingerprint density at radius 3 is 2.65 bits per heavy atom. The molecule has 1 aliphatic rings. The number of aliphatic hydroxyl groups excluding tert-OH is 1. The van der Waals surface area contributed by atoms with Crippen LogP contribution in [0.4, 0.5) is 5.69 Å². The Labute approximate surface area is 139 Å². The van der Waals surface area contributed by atoms with Gasteiger partial charge in [-0.1, -0.05) is 17.7 Å². The third-order valence-corrected chi connectivity index (χ3v) is 4.68. The van der Waals surface area contributed by atoms with Gasteiger partial charge in [0.1, 0.15) is 0 Å². The molecular formula is C19H30N2O2. The summed E-state index contributed by atoms with van der Waals surface area (Å²) in [7, 11) is 0. The molecular weight excluding hydrogens is 288 g/mol. The first kappa shape index (κ1) is 18.0. The van der Waals surface area contributed by atoms with Crippen molar-refractivity contribution in [2.75, 3.05) is 31.6 Å². The number of amides is 1. The molecule has 128 valence electrons. The van der Waals surface area contributed by atoms with Crippen LogP contribution in [0.15, 0.2) is 12.1 Å². The van der Waals surface area contributed by atoms with Crippen molar-refractivity contribution >= 4 is 11.6 Å². The van der Waals surface area contributed by atoms with Gasteiger partial charge in [0.2, 0.25) is 5.91 Å². The zero-order valence-corrected chi connectivity index (χ0v) is 14.7. The van der Waals surface area contributed by atoms with Crippen molar-refractivity contribution < 1.29 is 9.90 Å². The molecule has 0 spiro atoms. The average molecular weight is 318 g/mol. The Balaban J connectivity index is 1.77. The van der Waals surface area contributed by atoms with Gasteiger partial charge in [-0.05, 0) is 70.2 Å². The molecule has 0 aliphatic carbocycles. The second-order valence-corrected chi connectivity index (χ2v) is 6.92. The monoisotopic (exact) mass is 318 g/mol. The summed E-state index contributed by atoms with van der Waals surface area (Å²) in [5.41, 5.74) is 4.43. The van der Waals surface area contributed by atoms with E-state index in [1.807, 2.05) is 13.8 Å². The van der Waals surface area contributed by atoms with Gasteiger partial charge in [-0.15, -0.1) is 0 Å².